The largest absolute Gasteiger partial charge is 0.357 e. The van der Waals surface area contributed by atoms with Crippen molar-refractivity contribution < 1.29 is 0 Å². The number of nitrogens with one attached hydrogen (secondary N) is 2. The number of benzene rings is 2. The van der Waals surface area contributed by atoms with Gasteiger partial charge in [0.1, 0.15) is 0 Å². The Bertz CT molecular complexity index is 1050. The fourth-order valence-corrected chi connectivity index (χ4v) is 4.62. The lowest BCUT2D eigenvalue weighted by Crippen LogP contribution is -2.35. The molecule has 27 heavy (non-hydrogen) atoms. The van der Waals surface area contributed by atoms with Gasteiger partial charge in [0.15, 0.2) is 0 Å². The molecule has 0 saturated carbocycles. The van der Waals surface area contributed by atoms with Crippen molar-refractivity contribution >= 4 is 22.7 Å². The van der Waals surface area contributed by atoms with Crippen molar-refractivity contribution in [2.75, 3.05) is 12.8 Å². The molecule has 1 aliphatic rings. The SMILES string of the molecule is CSc1ccc(C2c3[nH]c4ccccc4c3CCN2Cc2ccn[nH]2)cc1. The molecule has 1 aliphatic heterocycles. The van der Waals surface area contributed by atoms with Crippen LogP contribution in [0, 0.1) is 0 Å². The highest BCUT2D eigenvalue weighted by atomic mass is 32.2. The van der Waals surface area contributed by atoms with Crippen LogP contribution < -0.4 is 0 Å². The van der Waals surface area contributed by atoms with E-state index in [0.717, 1.165) is 25.2 Å². The third-order valence-electron chi connectivity index (χ3n) is 5.50. The fourth-order valence-electron chi connectivity index (χ4n) is 4.22. The number of thioether (sulfide) groups is 1. The third-order valence-corrected chi connectivity index (χ3v) is 6.24. The molecule has 3 heterocycles. The molecular weight excluding hydrogens is 352 g/mol. The van der Waals surface area contributed by atoms with E-state index in [4.69, 9.17) is 0 Å². The number of nitrogens with zero attached hydrogens (tertiary/aromatic N) is 2. The van der Waals surface area contributed by atoms with Crippen molar-refractivity contribution in [3.8, 4) is 0 Å². The van der Waals surface area contributed by atoms with Crippen molar-refractivity contribution in [3.63, 3.8) is 0 Å². The molecule has 0 amide bonds. The first kappa shape index (κ1) is 16.7. The number of hydrogen-bond acceptors (Lipinski definition) is 3. The summed E-state index contributed by atoms with van der Waals surface area (Å²) in [6.45, 7) is 1.90. The average Bonchev–Trinajstić information content (AvgIpc) is 3.35. The molecule has 136 valence electrons. The summed E-state index contributed by atoms with van der Waals surface area (Å²) >= 11 is 1.78. The highest BCUT2D eigenvalue weighted by molar-refractivity contribution is 7.98. The molecule has 4 aromatic rings. The second kappa shape index (κ2) is 6.91. The normalized spacial score (nSPS) is 17.3. The number of aromatic amines is 2. The van der Waals surface area contributed by atoms with Crippen LogP contribution >= 0.6 is 11.8 Å². The van der Waals surface area contributed by atoms with E-state index in [9.17, 15) is 0 Å². The van der Waals surface area contributed by atoms with Crippen LogP contribution in [0.1, 0.15) is 28.6 Å². The summed E-state index contributed by atoms with van der Waals surface area (Å²) in [7, 11) is 0. The monoisotopic (exact) mass is 374 g/mol. The zero-order valence-electron chi connectivity index (χ0n) is 15.3. The molecule has 4 nitrogen and oxygen atoms in total. The van der Waals surface area contributed by atoms with Gasteiger partial charge in [-0.05, 0) is 48.1 Å². The number of H-pyrrole nitrogens is 2. The molecule has 5 rings (SSSR count). The van der Waals surface area contributed by atoms with Crippen LogP contribution in [-0.4, -0.2) is 32.9 Å². The minimum atomic E-state index is 0.223. The average molecular weight is 375 g/mol. The summed E-state index contributed by atoms with van der Waals surface area (Å²) in [4.78, 5) is 7.57. The predicted octanol–water partition coefficient (Wildman–Crippen LogP) is 4.76. The number of fused-ring (bicyclic) bond motifs is 3. The smallest absolute Gasteiger partial charge is 0.0760 e. The van der Waals surface area contributed by atoms with E-state index in [2.05, 4.69) is 80.9 Å². The lowest BCUT2D eigenvalue weighted by molar-refractivity contribution is 0.199. The Labute approximate surface area is 163 Å². The van der Waals surface area contributed by atoms with E-state index < -0.39 is 0 Å². The molecule has 0 fully saturated rings. The van der Waals surface area contributed by atoms with Gasteiger partial charge in [0.05, 0.1) is 6.04 Å². The van der Waals surface area contributed by atoms with E-state index in [1.165, 1.54) is 32.6 Å². The minimum Gasteiger partial charge on any atom is -0.357 e. The van der Waals surface area contributed by atoms with Crippen molar-refractivity contribution in [2.45, 2.75) is 23.9 Å². The minimum absolute atomic E-state index is 0.223. The Morgan fingerprint density at radius 2 is 1.96 bits per heavy atom. The maximum absolute atomic E-state index is 4.12. The standard InChI is InChI=1S/C22H22N4S/c1-27-17-8-6-15(7-9-17)22-21-19(18-4-2-3-5-20(18)24-21)11-13-26(22)14-16-10-12-23-25-16/h2-10,12,22,24H,11,13-14H2,1H3,(H,23,25). The van der Waals surface area contributed by atoms with Crippen LogP contribution in [0.15, 0.2) is 65.7 Å². The first-order chi connectivity index (χ1) is 13.3. The molecule has 0 bridgehead atoms. The first-order valence-electron chi connectivity index (χ1n) is 9.29. The molecule has 1 unspecified atom stereocenters. The van der Waals surface area contributed by atoms with E-state index in [1.54, 1.807) is 11.8 Å². The van der Waals surface area contributed by atoms with E-state index >= 15 is 0 Å². The van der Waals surface area contributed by atoms with E-state index in [0.29, 0.717) is 0 Å². The van der Waals surface area contributed by atoms with Crippen LogP contribution in [0.3, 0.4) is 0 Å². The zero-order valence-corrected chi connectivity index (χ0v) is 16.1. The van der Waals surface area contributed by atoms with Gasteiger partial charge in [0, 0.05) is 46.5 Å². The maximum atomic E-state index is 4.12. The third kappa shape index (κ3) is 2.97. The van der Waals surface area contributed by atoms with Crippen LogP contribution in [0.2, 0.25) is 0 Å². The van der Waals surface area contributed by atoms with Crippen LogP contribution in [0.25, 0.3) is 10.9 Å². The Kier molecular flexibility index (Phi) is 4.26. The highest BCUT2D eigenvalue weighted by Gasteiger charge is 2.31. The van der Waals surface area contributed by atoms with Gasteiger partial charge in [-0.2, -0.15) is 5.10 Å². The van der Waals surface area contributed by atoms with Crippen molar-refractivity contribution in [1.29, 1.82) is 0 Å². The van der Waals surface area contributed by atoms with Gasteiger partial charge in [0.2, 0.25) is 0 Å². The molecule has 0 saturated heterocycles. The molecule has 1 atom stereocenters. The Morgan fingerprint density at radius 1 is 1.11 bits per heavy atom. The van der Waals surface area contributed by atoms with Gasteiger partial charge in [-0.15, -0.1) is 11.8 Å². The first-order valence-corrected chi connectivity index (χ1v) is 10.5. The summed E-state index contributed by atoms with van der Waals surface area (Å²) in [5, 5.41) is 8.61. The van der Waals surface area contributed by atoms with E-state index in [-0.39, 0.29) is 6.04 Å². The summed E-state index contributed by atoms with van der Waals surface area (Å²) in [5.41, 5.74) is 6.51. The van der Waals surface area contributed by atoms with Crippen LogP contribution in [0.5, 0.6) is 0 Å². The van der Waals surface area contributed by atoms with Crippen LogP contribution in [-0.2, 0) is 13.0 Å². The van der Waals surface area contributed by atoms with Gasteiger partial charge < -0.3 is 4.98 Å². The van der Waals surface area contributed by atoms with Gasteiger partial charge in [0.25, 0.3) is 0 Å². The molecule has 2 aromatic heterocycles. The van der Waals surface area contributed by atoms with Gasteiger partial charge in [-0.1, -0.05) is 30.3 Å². The Hall–Kier alpha value is -2.50. The highest BCUT2D eigenvalue weighted by Crippen LogP contribution is 2.39. The molecule has 0 radical (unpaired) electrons. The summed E-state index contributed by atoms with van der Waals surface area (Å²) in [5.74, 6) is 0. The van der Waals surface area contributed by atoms with Gasteiger partial charge >= 0.3 is 0 Å². The molecule has 5 heteroatoms. The number of aromatic nitrogens is 3. The molecule has 0 aliphatic carbocycles. The number of para-hydroxylation sites is 1. The molecule has 0 spiro atoms. The molecule has 2 N–H and O–H groups in total. The summed E-state index contributed by atoms with van der Waals surface area (Å²) in [6, 6.07) is 20.0. The second-order valence-electron chi connectivity index (χ2n) is 7.04. The summed E-state index contributed by atoms with van der Waals surface area (Å²) in [6.07, 6.45) is 5.01. The fraction of sp³-hybridized carbons (Fsp3) is 0.227. The molecular formula is C22H22N4S. The summed E-state index contributed by atoms with van der Waals surface area (Å²) < 4.78 is 0. The zero-order chi connectivity index (χ0) is 18.2. The maximum Gasteiger partial charge on any atom is 0.0760 e. The molecule has 2 aromatic carbocycles. The quantitative estimate of drug-likeness (QED) is 0.506. The van der Waals surface area contributed by atoms with Crippen molar-refractivity contribution in [3.05, 3.63) is 83.3 Å². The Balaban J connectivity index is 1.62. The number of rotatable bonds is 4. The van der Waals surface area contributed by atoms with Crippen LogP contribution in [0.4, 0.5) is 0 Å². The Morgan fingerprint density at radius 3 is 2.74 bits per heavy atom. The lowest BCUT2D eigenvalue weighted by Gasteiger charge is -2.36. The van der Waals surface area contributed by atoms with Gasteiger partial charge in [-0.25, -0.2) is 0 Å². The predicted molar refractivity (Wildman–Crippen MR) is 111 cm³/mol. The van der Waals surface area contributed by atoms with Gasteiger partial charge in [-0.3, -0.25) is 10.00 Å². The van der Waals surface area contributed by atoms with Crippen molar-refractivity contribution in [2.24, 2.45) is 0 Å². The van der Waals surface area contributed by atoms with E-state index in [1.807, 2.05) is 6.20 Å². The lowest BCUT2D eigenvalue weighted by atomic mass is 9.92. The number of hydrogen-bond donors (Lipinski definition) is 2. The van der Waals surface area contributed by atoms with Crippen molar-refractivity contribution in [1.82, 2.24) is 20.1 Å². The topological polar surface area (TPSA) is 47.7 Å². The second-order valence-corrected chi connectivity index (χ2v) is 7.92.